The molecule has 1 atom stereocenters. The van der Waals surface area contributed by atoms with E-state index < -0.39 is 17.8 Å². The number of aromatic nitrogens is 2. The van der Waals surface area contributed by atoms with Crippen LogP contribution >= 0.6 is 0 Å². The Morgan fingerprint density at radius 3 is 2.93 bits per heavy atom. The summed E-state index contributed by atoms with van der Waals surface area (Å²) in [4.78, 5) is 21.7. The molecule has 78 valence electrons. The molecule has 0 radical (unpaired) electrons. The Morgan fingerprint density at radius 2 is 2.40 bits per heavy atom. The highest BCUT2D eigenvalue weighted by atomic mass is 16.4. The van der Waals surface area contributed by atoms with Crippen LogP contribution in [0.5, 0.6) is 0 Å². The predicted molar refractivity (Wildman–Crippen MR) is 48.7 cm³/mol. The second-order valence-electron chi connectivity index (χ2n) is 2.82. The van der Waals surface area contributed by atoms with Gasteiger partial charge in [0.05, 0.1) is 6.20 Å². The minimum absolute atomic E-state index is 0.107. The SMILES string of the molecule is CC(C(=O)O)C(=O)Nc1[nH]ncc1C#N. The van der Waals surface area contributed by atoms with Crippen molar-refractivity contribution in [1.29, 1.82) is 5.26 Å². The molecule has 3 N–H and O–H groups in total. The molecule has 0 spiro atoms. The van der Waals surface area contributed by atoms with Gasteiger partial charge in [-0.2, -0.15) is 10.4 Å². The average molecular weight is 208 g/mol. The maximum atomic E-state index is 11.3. The number of nitrogens with zero attached hydrogens (tertiary/aromatic N) is 2. The number of aromatic amines is 1. The summed E-state index contributed by atoms with van der Waals surface area (Å²) in [7, 11) is 0. The van der Waals surface area contributed by atoms with Gasteiger partial charge in [0.15, 0.2) is 0 Å². The lowest BCUT2D eigenvalue weighted by Gasteiger charge is -2.05. The predicted octanol–water partition coefficient (Wildman–Crippen LogP) is -0.0594. The molecule has 0 aromatic carbocycles. The van der Waals surface area contributed by atoms with Crippen LogP contribution in [0.4, 0.5) is 5.82 Å². The Labute approximate surface area is 84.7 Å². The number of H-pyrrole nitrogens is 1. The van der Waals surface area contributed by atoms with Crippen molar-refractivity contribution < 1.29 is 14.7 Å². The van der Waals surface area contributed by atoms with Gasteiger partial charge < -0.3 is 10.4 Å². The first-order valence-electron chi connectivity index (χ1n) is 4.03. The van der Waals surface area contributed by atoms with Crippen LogP contribution in [0.3, 0.4) is 0 Å². The number of carboxylic acid groups (broad SMARTS) is 1. The van der Waals surface area contributed by atoms with Crippen LogP contribution in [0, 0.1) is 17.2 Å². The standard InChI is InChI=1S/C8H8N4O3/c1-4(8(14)15)7(13)11-6-5(2-9)3-10-12-6/h3-4H,1H3,(H,14,15)(H2,10,11,12,13). The molecule has 1 aromatic rings. The highest BCUT2D eigenvalue weighted by Crippen LogP contribution is 2.10. The van der Waals surface area contributed by atoms with Crippen LogP contribution in [-0.2, 0) is 9.59 Å². The lowest BCUT2D eigenvalue weighted by molar-refractivity contribution is -0.144. The number of amides is 1. The lowest BCUT2D eigenvalue weighted by Crippen LogP contribution is -2.27. The van der Waals surface area contributed by atoms with Gasteiger partial charge in [-0.15, -0.1) is 0 Å². The van der Waals surface area contributed by atoms with Gasteiger partial charge in [0.25, 0.3) is 0 Å². The Hall–Kier alpha value is -2.36. The van der Waals surface area contributed by atoms with Crippen LogP contribution in [0.1, 0.15) is 12.5 Å². The fourth-order valence-corrected chi connectivity index (χ4v) is 0.810. The molecule has 1 aromatic heterocycles. The summed E-state index contributed by atoms with van der Waals surface area (Å²) in [5.74, 6) is -3.01. The second kappa shape index (κ2) is 4.23. The molecule has 1 amide bonds. The topological polar surface area (TPSA) is 119 Å². The molecular weight excluding hydrogens is 200 g/mol. The molecule has 1 unspecified atom stereocenters. The quantitative estimate of drug-likeness (QED) is 0.601. The van der Waals surface area contributed by atoms with Crippen molar-refractivity contribution in [2.45, 2.75) is 6.92 Å². The van der Waals surface area contributed by atoms with Crippen LogP contribution in [0.2, 0.25) is 0 Å². The van der Waals surface area contributed by atoms with Gasteiger partial charge >= 0.3 is 5.97 Å². The Kier molecular flexibility index (Phi) is 3.03. The molecule has 0 saturated carbocycles. The van der Waals surface area contributed by atoms with Crippen LogP contribution in [-0.4, -0.2) is 27.2 Å². The zero-order valence-corrected chi connectivity index (χ0v) is 7.81. The number of aliphatic carboxylic acids is 1. The van der Waals surface area contributed by atoms with Crippen molar-refractivity contribution in [3.63, 3.8) is 0 Å². The zero-order valence-electron chi connectivity index (χ0n) is 7.81. The normalized spacial score (nSPS) is 11.5. The average Bonchev–Trinajstić information content (AvgIpc) is 2.63. The monoisotopic (exact) mass is 208 g/mol. The highest BCUT2D eigenvalue weighted by Gasteiger charge is 2.21. The Bertz CT molecular complexity index is 431. The third-order valence-electron chi connectivity index (χ3n) is 1.77. The maximum Gasteiger partial charge on any atom is 0.315 e. The van der Waals surface area contributed by atoms with E-state index in [4.69, 9.17) is 10.4 Å². The van der Waals surface area contributed by atoms with E-state index in [1.807, 2.05) is 0 Å². The number of rotatable bonds is 3. The smallest absolute Gasteiger partial charge is 0.315 e. The third-order valence-corrected chi connectivity index (χ3v) is 1.77. The van der Waals surface area contributed by atoms with Gasteiger partial charge in [0.1, 0.15) is 23.4 Å². The van der Waals surface area contributed by atoms with Crippen molar-refractivity contribution in [2.24, 2.45) is 5.92 Å². The molecule has 7 nitrogen and oxygen atoms in total. The number of anilines is 1. The molecule has 0 aliphatic heterocycles. The number of carbonyl (C=O) groups is 2. The highest BCUT2D eigenvalue weighted by molar-refractivity contribution is 6.03. The molecule has 0 fully saturated rings. The summed E-state index contributed by atoms with van der Waals surface area (Å²) in [6, 6.07) is 1.79. The number of carboxylic acids is 1. The minimum Gasteiger partial charge on any atom is -0.481 e. The first-order valence-corrected chi connectivity index (χ1v) is 4.03. The van der Waals surface area contributed by atoms with E-state index in [0.717, 1.165) is 0 Å². The van der Waals surface area contributed by atoms with Gasteiger partial charge in [-0.25, -0.2) is 0 Å². The molecule has 7 heteroatoms. The number of hydrogen-bond donors (Lipinski definition) is 3. The Balaban J connectivity index is 2.76. The van der Waals surface area contributed by atoms with Gasteiger partial charge in [-0.1, -0.05) is 0 Å². The van der Waals surface area contributed by atoms with Crippen molar-refractivity contribution >= 4 is 17.7 Å². The fraction of sp³-hybridized carbons (Fsp3) is 0.250. The second-order valence-corrected chi connectivity index (χ2v) is 2.82. The van der Waals surface area contributed by atoms with E-state index in [-0.39, 0.29) is 11.4 Å². The van der Waals surface area contributed by atoms with E-state index >= 15 is 0 Å². The fourth-order valence-electron chi connectivity index (χ4n) is 0.810. The number of hydrogen-bond acceptors (Lipinski definition) is 4. The van der Waals surface area contributed by atoms with Crippen molar-refractivity contribution in [1.82, 2.24) is 10.2 Å². The summed E-state index contributed by atoms with van der Waals surface area (Å²) in [5.41, 5.74) is 0.154. The molecule has 0 aliphatic carbocycles. The van der Waals surface area contributed by atoms with Crippen molar-refractivity contribution in [2.75, 3.05) is 5.32 Å². The van der Waals surface area contributed by atoms with Crippen LogP contribution in [0.25, 0.3) is 0 Å². The molecule has 15 heavy (non-hydrogen) atoms. The van der Waals surface area contributed by atoms with Crippen molar-refractivity contribution in [3.05, 3.63) is 11.8 Å². The lowest BCUT2D eigenvalue weighted by atomic mass is 10.1. The van der Waals surface area contributed by atoms with Crippen LogP contribution in [0.15, 0.2) is 6.20 Å². The summed E-state index contributed by atoms with van der Waals surface area (Å²) < 4.78 is 0. The maximum absolute atomic E-state index is 11.3. The molecule has 0 aliphatic rings. The summed E-state index contributed by atoms with van der Waals surface area (Å²) in [6.07, 6.45) is 1.24. The van der Waals surface area contributed by atoms with Crippen LogP contribution < -0.4 is 5.32 Å². The molecule has 1 heterocycles. The van der Waals surface area contributed by atoms with Gasteiger partial charge in [0, 0.05) is 0 Å². The van der Waals surface area contributed by atoms with E-state index in [1.54, 1.807) is 6.07 Å². The van der Waals surface area contributed by atoms with E-state index in [0.29, 0.717) is 0 Å². The van der Waals surface area contributed by atoms with Gasteiger partial charge in [-0.05, 0) is 6.92 Å². The number of nitrogens with one attached hydrogen (secondary N) is 2. The number of carbonyl (C=O) groups excluding carboxylic acids is 1. The summed E-state index contributed by atoms with van der Waals surface area (Å²) in [6.45, 7) is 1.25. The number of nitriles is 1. The van der Waals surface area contributed by atoms with Gasteiger partial charge in [-0.3, -0.25) is 14.7 Å². The Morgan fingerprint density at radius 1 is 1.73 bits per heavy atom. The molecule has 0 bridgehead atoms. The molecule has 0 saturated heterocycles. The first kappa shape index (κ1) is 10.7. The van der Waals surface area contributed by atoms with E-state index in [9.17, 15) is 9.59 Å². The third kappa shape index (κ3) is 2.31. The summed E-state index contributed by atoms with van der Waals surface area (Å²) in [5, 5.41) is 25.3. The van der Waals surface area contributed by atoms with E-state index in [2.05, 4.69) is 15.5 Å². The molecule has 1 rings (SSSR count). The zero-order chi connectivity index (χ0) is 11.4. The largest absolute Gasteiger partial charge is 0.481 e. The van der Waals surface area contributed by atoms with E-state index in [1.165, 1.54) is 13.1 Å². The van der Waals surface area contributed by atoms with Gasteiger partial charge in [0.2, 0.25) is 5.91 Å². The minimum atomic E-state index is -1.23. The summed E-state index contributed by atoms with van der Waals surface area (Å²) >= 11 is 0. The first-order chi connectivity index (χ1) is 7.06. The van der Waals surface area contributed by atoms with Crippen molar-refractivity contribution in [3.8, 4) is 6.07 Å². The molecular formula is C8H8N4O3.